The number of H-pyrrole nitrogens is 1. The molecule has 0 aliphatic carbocycles. The molecule has 3 rings (SSSR count). The molecule has 2 aromatic rings. The molecule has 1 aliphatic heterocycles. The second-order valence-corrected chi connectivity index (χ2v) is 5.38. The SMILES string of the molecule is Cc1ncc(CN(CCO)Cc2ccc3c(c2)OC(F)(F)O3)[nH]1. The van der Waals surface area contributed by atoms with Crippen LogP contribution in [0.15, 0.2) is 24.4 Å². The molecule has 23 heavy (non-hydrogen) atoms. The van der Waals surface area contributed by atoms with Gasteiger partial charge in [0.05, 0.1) is 6.61 Å². The fraction of sp³-hybridized carbons (Fsp3) is 0.400. The zero-order chi connectivity index (χ0) is 16.4. The van der Waals surface area contributed by atoms with E-state index in [1.54, 1.807) is 12.3 Å². The Hall–Kier alpha value is -2.19. The maximum absolute atomic E-state index is 13.0. The lowest BCUT2D eigenvalue weighted by atomic mass is 10.2. The van der Waals surface area contributed by atoms with E-state index in [1.165, 1.54) is 12.1 Å². The summed E-state index contributed by atoms with van der Waals surface area (Å²) in [6.07, 6.45) is -1.88. The Morgan fingerprint density at radius 1 is 1.26 bits per heavy atom. The summed E-state index contributed by atoms with van der Waals surface area (Å²) in [4.78, 5) is 9.24. The molecule has 1 aromatic heterocycles. The maximum atomic E-state index is 13.0. The first kappa shape index (κ1) is 15.7. The first-order chi connectivity index (χ1) is 10.9. The summed E-state index contributed by atoms with van der Waals surface area (Å²) in [6.45, 7) is 3.34. The molecule has 0 atom stereocenters. The number of alkyl halides is 2. The Kier molecular flexibility index (Phi) is 4.18. The van der Waals surface area contributed by atoms with Gasteiger partial charge in [0.2, 0.25) is 0 Å². The molecule has 0 radical (unpaired) electrons. The summed E-state index contributed by atoms with van der Waals surface area (Å²) < 4.78 is 34.9. The summed E-state index contributed by atoms with van der Waals surface area (Å²) >= 11 is 0. The van der Waals surface area contributed by atoms with Crippen molar-refractivity contribution in [3.05, 3.63) is 41.5 Å². The van der Waals surface area contributed by atoms with Crippen LogP contribution in [0.4, 0.5) is 8.78 Å². The van der Waals surface area contributed by atoms with Gasteiger partial charge in [-0.2, -0.15) is 0 Å². The summed E-state index contributed by atoms with van der Waals surface area (Å²) in [5.74, 6) is 0.861. The minimum absolute atomic E-state index is 0.00422. The normalized spacial score (nSPS) is 15.3. The fourth-order valence-corrected chi connectivity index (χ4v) is 2.50. The molecule has 0 spiro atoms. The molecule has 0 saturated carbocycles. The number of halogens is 2. The highest BCUT2D eigenvalue weighted by atomic mass is 19.3. The van der Waals surface area contributed by atoms with Crippen LogP contribution in [0, 0.1) is 6.92 Å². The predicted molar refractivity (Wildman–Crippen MR) is 77.2 cm³/mol. The van der Waals surface area contributed by atoms with Crippen molar-refractivity contribution >= 4 is 0 Å². The highest BCUT2D eigenvalue weighted by molar-refractivity contribution is 5.45. The van der Waals surface area contributed by atoms with Gasteiger partial charge in [0.25, 0.3) is 0 Å². The van der Waals surface area contributed by atoms with Crippen molar-refractivity contribution in [1.29, 1.82) is 0 Å². The molecule has 8 heteroatoms. The van der Waals surface area contributed by atoms with Gasteiger partial charge >= 0.3 is 6.29 Å². The fourth-order valence-electron chi connectivity index (χ4n) is 2.50. The molecular weight excluding hydrogens is 308 g/mol. The number of imidazole rings is 1. The second kappa shape index (κ2) is 6.13. The summed E-state index contributed by atoms with van der Waals surface area (Å²) in [7, 11) is 0. The topological polar surface area (TPSA) is 70.6 Å². The quantitative estimate of drug-likeness (QED) is 0.850. The molecule has 124 valence electrons. The van der Waals surface area contributed by atoms with Gasteiger partial charge in [-0.1, -0.05) is 6.07 Å². The van der Waals surface area contributed by atoms with Crippen molar-refractivity contribution in [2.75, 3.05) is 13.2 Å². The van der Waals surface area contributed by atoms with Crippen LogP contribution < -0.4 is 9.47 Å². The van der Waals surface area contributed by atoms with Gasteiger partial charge in [-0.05, 0) is 24.6 Å². The summed E-state index contributed by atoms with van der Waals surface area (Å²) in [5.41, 5.74) is 1.71. The standard InChI is InChI=1S/C15H17F2N3O3/c1-10-18-7-12(19-10)9-20(4-5-21)8-11-2-3-13-14(6-11)23-15(16,17)22-13/h2-3,6-7,21H,4-5,8-9H2,1H3,(H,18,19). The zero-order valence-electron chi connectivity index (χ0n) is 12.6. The van der Waals surface area contributed by atoms with E-state index in [9.17, 15) is 13.9 Å². The van der Waals surface area contributed by atoms with Gasteiger partial charge in [-0.15, -0.1) is 8.78 Å². The molecule has 2 N–H and O–H groups in total. The van der Waals surface area contributed by atoms with E-state index >= 15 is 0 Å². The zero-order valence-corrected chi connectivity index (χ0v) is 12.6. The van der Waals surface area contributed by atoms with Crippen LogP contribution >= 0.6 is 0 Å². The van der Waals surface area contributed by atoms with Gasteiger partial charge in [0, 0.05) is 31.5 Å². The Balaban J connectivity index is 1.71. The number of hydrogen-bond donors (Lipinski definition) is 2. The number of fused-ring (bicyclic) bond motifs is 1. The number of aromatic nitrogens is 2. The van der Waals surface area contributed by atoms with E-state index in [4.69, 9.17) is 0 Å². The van der Waals surface area contributed by atoms with Crippen LogP contribution in [0.3, 0.4) is 0 Å². The first-order valence-electron chi connectivity index (χ1n) is 7.17. The lowest BCUT2D eigenvalue weighted by molar-refractivity contribution is -0.286. The van der Waals surface area contributed by atoms with E-state index in [0.29, 0.717) is 19.6 Å². The van der Waals surface area contributed by atoms with Crippen molar-refractivity contribution in [2.24, 2.45) is 0 Å². The molecule has 6 nitrogen and oxygen atoms in total. The van der Waals surface area contributed by atoms with Crippen LogP contribution in [0.25, 0.3) is 0 Å². The van der Waals surface area contributed by atoms with Crippen molar-refractivity contribution in [3.8, 4) is 11.5 Å². The van der Waals surface area contributed by atoms with Gasteiger partial charge in [0.1, 0.15) is 5.82 Å². The van der Waals surface area contributed by atoms with Gasteiger partial charge < -0.3 is 19.6 Å². The molecule has 0 fully saturated rings. The van der Waals surface area contributed by atoms with E-state index < -0.39 is 6.29 Å². The van der Waals surface area contributed by atoms with Gasteiger partial charge in [-0.3, -0.25) is 4.90 Å². The van der Waals surface area contributed by atoms with Crippen LogP contribution in [-0.2, 0) is 13.1 Å². The number of aromatic amines is 1. The van der Waals surface area contributed by atoms with Gasteiger partial charge in [0.15, 0.2) is 11.5 Å². The molecule has 0 unspecified atom stereocenters. The molecule has 1 aliphatic rings. The number of nitrogens with one attached hydrogen (secondary N) is 1. The second-order valence-electron chi connectivity index (χ2n) is 5.38. The smallest absolute Gasteiger partial charge is 0.395 e. The Morgan fingerprint density at radius 2 is 2.04 bits per heavy atom. The molecule has 0 saturated heterocycles. The molecule has 0 amide bonds. The monoisotopic (exact) mass is 325 g/mol. The number of ether oxygens (including phenoxy) is 2. The molecule has 0 bridgehead atoms. The number of nitrogens with zero attached hydrogens (tertiary/aromatic N) is 2. The lowest BCUT2D eigenvalue weighted by Gasteiger charge is -2.20. The maximum Gasteiger partial charge on any atom is 0.586 e. The third-order valence-corrected chi connectivity index (χ3v) is 3.44. The Bertz CT molecular complexity index is 690. The average molecular weight is 325 g/mol. The number of aryl methyl sites for hydroxylation is 1. The largest absolute Gasteiger partial charge is 0.586 e. The minimum atomic E-state index is -3.61. The number of aliphatic hydroxyl groups is 1. The van der Waals surface area contributed by atoms with Gasteiger partial charge in [-0.25, -0.2) is 4.98 Å². The Labute approximate surface area is 131 Å². The number of hydrogen-bond acceptors (Lipinski definition) is 5. The predicted octanol–water partition coefficient (Wildman–Crippen LogP) is 2.03. The van der Waals surface area contributed by atoms with Crippen molar-refractivity contribution < 1.29 is 23.4 Å². The number of aliphatic hydroxyl groups excluding tert-OH is 1. The van der Waals surface area contributed by atoms with Crippen molar-refractivity contribution in [3.63, 3.8) is 0 Å². The number of benzene rings is 1. The van der Waals surface area contributed by atoms with Crippen LogP contribution in [-0.4, -0.2) is 39.4 Å². The summed E-state index contributed by atoms with van der Waals surface area (Å²) in [6, 6.07) is 4.69. The van der Waals surface area contributed by atoms with E-state index in [1.807, 2.05) is 11.8 Å². The van der Waals surface area contributed by atoms with Crippen LogP contribution in [0.5, 0.6) is 11.5 Å². The van der Waals surface area contributed by atoms with E-state index in [2.05, 4.69) is 19.4 Å². The number of rotatable bonds is 6. The first-order valence-corrected chi connectivity index (χ1v) is 7.17. The van der Waals surface area contributed by atoms with Crippen LogP contribution in [0.2, 0.25) is 0 Å². The average Bonchev–Trinajstić information content (AvgIpc) is 3.00. The lowest BCUT2D eigenvalue weighted by Crippen LogP contribution is -2.26. The van der Waals surface area contributed by atoms with Crippen LogP contribution in [0.1, 0.15) is 17.1 Å². The molecule has 1 aromatic carbocycles. The molecule has 2 heterocycles. The Morgan fingerprint density at radius 3 is 2.74 bits per heavy atom. The summed E-state index contributed by atoms with van der Waals surface area (Å²) in [5, 5.41) is 9.21. The highest BCUT2D eigenvalue weighted by Crippen LogP contribution is 2.41. The third kappa shape index (κ3) is 3.77. The third-order valence-electron chi connectivity index (χ3n) is 3.44. The van der Waals surface area contributed by atoms with E-state index in [-0.39, 0.29) is 18.1 Å². The highest BCUT2D eigenvalue weighted by Gasteiger charge is 2.43. The van der Waals surface area contributed by atoms with E-state index in [0.717, 1.165) is 17.1 Å². The van der Waals surface area contributed by atoms with Crippen molar-refractivity contribution in [2.45, 2.75) is 26.3 Å². The van der Waals surface area contributed by atoms with Crippen molar-refractivity contribution in [1.82, 2.24) is 14.9 Å². The minimum Gasteiger partial charge on any atom is -0.395 e. The molecular formula is C15H17F2N3O3.